The Kier molecular flexibility index (Phi) is 4.58. The Balaban J connectivity index is 2.20. The third-order valence-electron chi connectivity index (χ3n) is 3.19. The lowest BCUT2D eigenvalue weighted by atomic mass is 10.1. The zero-order valence-electron chi connectivity index (χ0n) is 11.7. The minimum Gasteiger partial charge on any atom is -0.342 e. The topological polar surface area (TPSA) is 29.3 Å². The van der Waals surface area contributed by atoms with Gasteiger partial charge in [0.05, 0.1) is 0 Å². The first-order valence-corrected chi connectivity index (χ1v) is 6.88. The van der Waals surface area contributed by atoms with Crippen LogP contribution in [-0.4, -0.2) is 12.6 Å². The highest BCUT2D eigenvalue weighted by Gasteiger charge is 2.06. The maximum absolute atomic E-state index is 5.83. The van der Waals surface area contributed by atoms with E-state index in [2.05, 4.69) is 60.4 Å². The second-order valence-electron chi connectivity index (χ2n) is 4.93. The first-order chi connectivity index (χ1) is 9.20. The molecule has 0 spiro atoms. The van der Waals surface area contributed by atoms with Crippen molar-refractivity contribution in [1.29, 1.82) is 0 Å². The fourth-order valence-corrected chi connectivity index (χ4v) is 2.31. The summed E-state index contributed by atoms with van der Waals surface area (Å²) in [6.45, 7) is 5.16. The summed E-state index contributed by atoms with van der Waals surface area (Å²) in [6, 6.07) is 19.4. The molecule has 0 amide bonds. The molecule has 1 unspecified atom stereocenters. The molecule has 2 aromatic rings. The van der Waals surface area contributed by atoms with E-state index in [0.717, 1.165) is 13.0 Å². The highest BCUT2D eigenvalue weighted by Crippen LogP contribution is 2.25. The van der Waals surface area contributed by atoms with Crippen LogP contribution in [0.3, 0.4) is 0 Å². The van der Waals surface area contributed by atoms with Crippen molar-refractivity contribution in [2.45, 2.75) is 26.3 Å². The normalized spacial score (nSPS) is 12.2. The van der Waals surface area contributed by atoms with Crippen LogP contribution < -0.4 is 10.6 Å². The first kappa shape index (κ1) is 13.6. The van der Waals surface area contributed by atoms with Crippen molar-refractivity contribution >= 4 is 11.4 Å². The monoisotopic (exact) mass is 254 g/mol. The molecule has 2 rings (SSSR count). The van der Waals surface area contributed by atoms with Crippen LogP contribution in [-0.2, 0) is 6.42 Å². The molecule has 0 radical (unpaired) electrons. The molecule has 2 aromatic carbocycles. The minimum atomic E-state index is 0.210. The summed E-state index contributed by atoms with van der Waals surface area (Å²) in [7, 11) is 0. The van der Waals surface area contributed by atoms with Crippen molar-refractivity contribution in [3.05, 3.63) is 60.2 Å². The number of para-hydroxylation sites is 1. The van der Waals surface area contributed by atoms with Crippen LogP contribution in [0.25, 0.3) is 0 Å². The number of anilines is 2. The van der Waals surface area contributed by atoms with Crippen molar-refractivity contribution in [3.63, 3.8) is 0 Å². The largest absolute Gasteiger partial charge is 0.342 e. The molecule has 2 nitrogen and oxygen atoms in total. The molecule has 0 bridgehead atoms. The van der Waals surface area contributed by atoms with Crippen LogP contribution in [0, 0.1) is 0 Å². The van der Waals surface area contributed by atoms with E-state index in [1.165, 1.54) is 16.9 Å². The van der Waals surface area contributed by atoms with Gasteiger partial charge in [-0.15, -0.1) is 0 Å². The molecule has 100 valence electrons. The molecule has 1 atom stereocenters. The Labute approximate surface area is 115 Å². The van der Waals surface area contributed by atoms with E-state index in [1.54, 1.807) is 0 Å². The first-order valence-electron chi connectivity index (χ1n) is 6.88. The maximum atomic E-state index is 5.83. The van der Waals surface area contributed by atoms with Crippen molar-refractivity contribution < 1.29 is 0 Å². The van der Waals surface area contributed by atoms with Gasteiger partial charge in [0.1, 0.15) is 0 Å². The van der Waals surface area contributed by atoms with Gasteiger partial charge in [-0.05, 0) is 50.1 Å². The smallest absolute Gasteiger partial charge is 0.0410 e. The van der Waals surface area contributed by atoms with E-state index in [-0.39, 0.29) is 6.04 Å². The second-order valence-corrected chi connectivity index (χ2v) is 4.93. The number of rotatable bonds is 5. The van der Waals surface area contributed by atoms with Crippen LogP contribution in [0.2, 0.25) is 0 Å². The van der Waals surface area contributed by atoms with Gasteiger partial charge in [0.2, 0.25) is 0 Å². The van der Waals surface area contributed by atoms with Crippen molar-refractivity contribution in [1.82, 2.24) is 0 Å². The summed E-state index contributed by atoms with van der Waals surface area (Å²) >= 11 is 0. The zero-order chi connectivity index (χ0) is 13.7. The summed E-state index contributed by atoms with van der Waals surface area (Å²) in [4.78, 5) is 2.30. The molecular weight excluding hydrogens is 232 g/mol. The lowest BCUT2D eigenvalue weighted by molar-refractivity contribution is 0.738. The van der Waals surface area contributed by atoms with E-state index >= 15 is 0 Å². The predicted molar refractivity (Wildman–Crippen MR) is 82.9 cm³/mol. The van der Waals surface area contributed by atoms with Crippen LogP contribution in [0.1, 0.15) is 19.4 Å². The second kappa shape index (κ2) is 6.39. The third kappa shape index (κ3) is 3.58. The van der Waals surface area contributed by atoms with E-state index in [0.29, 0.717) is 0 Å². The number of benzene rings is 2. The summed E-state index contributed by atoms with van der Waals surface area (Å²) in [5.74, 6) is 0. The maximum Gasteiger partial charge on any atom is 0.0410 e. The molecule has 0 saturated carbocycles. The van der Waals surface area contributed by atoms with Gasteiger partial charge >= 0.3 is 0 Å². The van der Waals surface area contributed by atoms with Gasteiger partial charge in [-0.1, -0.05) is 30.3 Å². The summed E-state index contributed by atoms with van der Waals surface area (Å²) in [5, 5.41) is 0. The predicted octanol–water partition coefficient (Wildman–Crippen LogP) is 3.73. The number of hydrogen-bond acceptors (Lipinski definition) is 2. The average molecular weight is 254 g/mol. The Hall–Kier alpha value is -1.80. The van der Waals surface area contributed by atoms with Crippen molar-refractivity contribution in [2.75, 3.05) is 11.4 Å². The number of hydrogen-bond donors (Lipinski definition) is 1. The van der Waals surface area contributed by atoms with E-state index in [1.807, 2.05) is 13.0 Å². The van der Waals surface area contributed by atoms with Gasteiger partial charge in [-0.2, -0.15) is 0 Å². The molecule has 2 heteroatoms. The minimum absolute atomic E-state index is 0.210. The molecule has 0 heterocycles. The zero-order valence-corrected chi connectivity index (χ0v) is 11.7. The molecular formula is C17H22N2. The van der Waals surface area contributed by atoms with Gasteiger partial charge in [-0.3, -0.25) is 0 Å². The Bertz CT molecular complexity index is 488. The van der Waals surface area contributed by atoms with Crippen molar-refractivity contribution in [3.8, 4) is 0 Å². The van der Waals surface area contributed by atoms with Crippen molar-refractivity contribution in [2.24, 2.45) is 5.73 Å². The van der Waals surface area contributed by atoms with Gasteiger partial charge < -0.3 is 10.6 Å². The Morgan fingerprint density at radius 2 is 1.53 bits per heavy atom. The Morgan fingerprint density at radius 1 is 0.947 bits per heavy atom. The molecule has 19 heavy (non-hydrogen) atoms. The van der Waals surface area contributed by atoms with Gasteiger partial charge in [0, 0.05) is 24.0 Å². The summed E-state index contributed by atoms with van der Waals surface area (Å²) in [5.41, 5.74) is 9.57. The molecule has 0 fully saturated rings. The van der Waals surface area contributed by atoms with Gasteiger partial charge in [-0.25, -0.2) is 0 Å². The number of nitrogens with two attached hydrogens (primary N) is 1. The molecule has 0 aliphatic rings. The summed E-state index contributed by atoms with van der Waals surface area (Å²) < 4.78 is 0. The fraction of sp³-hybridized carbons (Fsp3) is 0.294. The highest BCUT2D eigenvalue weighted by atomic mass is 15.1. The van der Waals surface area contributed by atoms with Crippen LogP contribution in [0.4, 0.5) is 11.4 Å². The van der Waals surface area contributed by atoms with Gasteiger partial charge in [0.15, 0.2) is 0 Å². The summed E-state index contributed by atoms with van der Waals surface area (Å²) in [6.07, 6.45) is 0.928. The lowest BCUT2D eigenvalue weighted by Crippen LogP contribution is -2.18. The molecule has 0 aromatic heterocycles. The SMILES string of the molecule is CCN(c1ccccc1)c1ccc(CC(C)N)cc1. The van der Waals surface area contributed by atoms with Crippen LogP contribution in [0.15, 0.2) is 54.6 Å². The fourth-order valence-electron chi connectivity index (χ4n) is 2.31. The third-order valence-corrected chi connectivity index (χ3v) is 3.19. The molecule has 0 aliphatic heterocycles. The standard InChI is InChI=1S/C17H22N2/c1-3-19(16-7-5-4-6-8-16)17-11-9-15(10-12-17)13-14(2)18/h4-12,14H,3,13,18H2,1-2H3. The van der Waals surface area contributed by atoms with E-state index in [4.69, 9.17) is 5.73 Å². The van der Waals surface area contributed by atoms with Crippen LogP contribution in [0.5, 0.6) is 0 Å². The average Bonchev–Trinajstić information content (AvgIpc) is 2.42. The quantitative estimate of drug-likeness (QED) is 0.880. The highest BCUT2D eigenvalue weighted by molar-refractivity contribution is 5.63. The number of nitrogens with zero attached hydrogens (tertiary/aromatic N) is 1. The van der Waals surface area contributed by atoms with Crippen LogP contribution >= 0.6 is 0 Å². The molecule has 0 aliphatic carbocycles. The van der Waals surface area contributed by atoms with E-state index < -0.39 is 0 Å². The van der Waals surface area contributed by atoms with Gasteiger partial charge in [0.25, 0.3) is 0 Å². The molecule has 0 saturated heterocycles. The lowest BCUT2D eigenvalue weighted by Gasteiger charge is -2.23. The van der Waals surface area contributed by atoms with E-state index in [9.17, 15) is 0 Å². The Morgan fingerprint density at radius 3 is 2.05 bits per heavy atom. The molecule has 2 N–H and O–H groups in total.